The Morgan fingerprint density at radius 3 is 3.00 bits per heavy atom. The number of fused-ring (bicyclic) bond motifs is 2. The minimum absolute atomic E-state index is 0.0893. The number of hydrogen-bond acceptors (Lipinski definition) is 2. The van der Waals surface area contributed by atoms with E-state index in [1.54, 1.807) is 7.11 Å². The number of methoxy groups -OCH3 is 1. The third kappa shape index (κ3) is 1.38. The number of ether oxygens (including phenoxy) is 1. The van der Waals surface area contributed by atoms with Crippen molar-refractivity contribution in [3.05, 3.63) is 29.3 Å². The van der Waals surface area contributed by atoms with Crippen molar-refractivity contribution in [2.45, 2.75) is 31.1 Å². The van der Waals surface area contributed by atoms with E-state index in [0.717, 1.165) is 31.4 Å². The van der Waals surface area contributed by atoms with E-state index in [1.165, 1.54) is 11.1 Å². The van der Waals surface area contributed by atoms with Gasteiger partial charge in [0, 0.05) is 5.41 Å². The predicted molar refractivity (Wildman–Crippen MR) is 63.4 cm³/mol. The average molecular weight is 232 g/mol. The second-order valence-corrected chi connectivity index (χ2v) is 5.09. The summed E-state index contributed by atoms with van der Waals surface area (Å²) in [7, 11) is 1.68. The molecule has 2 aliphatic carbocycles. The van der Waals surface area contributed by atoms with Gasteiger partial charge in [0.15, 0.2) is 0 Å². The van der Waals surface area contributed by atoms with Gasteiger partial charge >= 0.3 is 5.97 Å². The van der Waals surface area contributed by atoms with E-state index in [-0.39, 0.29) is 11.3 Å². The van der Waals surface area contributed by atoms with E-state index in [0.29, 0.717) is 0 Å². The number of hydrogen-bond donors (Lipinski definition) is 1. The second kappa shape index (κ2) is 3.49. The first-order valence-corrected chi connectivity index (χ1v) is 6.08. The lowest BCUT2D eigenvalue weighted by Gasteiger charge is -2.27. The number of aliphatic carboxylic acids is 1. The highest BCUT2D eigenvalue weighted by Gasteiger charge is 2.60. The van der Waals surface area contributed by atoms with Crippen molar-refractivity contribution in [1.82, 2.24) is 0 Å². The molecule has 3 heteroatoms. The van der Waals surface area contributed by atoms with Crippen molar-refractivity contribution in [3.8, 4) is 5.75 Å². The number of carbonyl (C=O) groups is 1. The third-order valence-electron chi connectivity index (χ3n) is 4.31. The summed E-state index contributed by atoms with van der Waals surface area (Å²) in [5, 5.41) is 9.19. The van der Waals surface area contributed by atoms with Gasteiger partial charge in [-0.15, -0.1) is 0 Å². The molecule has 1 N–H and O–H groups in total. The van der Waals surface area contributed by atoms with Crippen LogP contribution >= 0.6 is 0 Å². The Bertz CT molecular complexity index is 480. The molecular weight excluding hydrogens is 216 g/mol. The zero-order chi connectivity index (χ0) is 12.0. The quantitative estimate of drug-likeness (QED) is 0.851. The fraction of sp³-hybridized carbons (Fsp3) is 0.500. The molecule has 0 saturated heterocycles. The molecule has 1 aromatic carbocycles. The van der Waals surface area contributed by atoms with Gasteiger partial charge in [-0.2, -0.15) is 0 Å². The molecule has 0 aromatic heterocycles. The van der Waals surface area contributed by atoms with Crippen molar-refractivity contribution in [3.63, 3.8) is 0 Å². The third-order valence-corrected chi connectivity index (χ3v) is 4.31. The standard InChI is InChI=1S/C14H16O3/c1-17-12-6-2-5-10-9(12)4-3-7-14(10)8-11(14)13(15)16/h2,5-6,11H,3-4,7-8H2,1H3,(H,15,16). The van der Waals surface area contributed by atoms with Crippen LogP contribution in [-0.4, -0.2) is 18.2 Å². The van der Waals surface area contributed by atoms with Crippen LogP contribution in [0.5, 0.6) is 5.75 Å². The summed E-state index contributed by atoms with van der Waals surface area (Å²) < 4.78 is 5.38. The summed E-state index contributed by atoms with van der Waals surface area (Å²) in [5.74, 6) is 0.0759. The first-order chi connectivity index (χ1) is 8.19. The highest BCUT2D eigenvalue weighted by molar-refractivity contribution is 5.78. The van der Waals surface area contributed by atoms with Crippen LogP contribution < -0.4 is 4.74 Å². The van der Waals surface area contributed by atoms with Gasteiger partial charge in [0.1, 0.15) is 5.75 Å². The van der Waals surface area contributed by atoms with Crippen molar-refractivity contribution >= 4 is 5.97 Å². The Hall–Kier alpha value is -1.51. The molecule has 17 heavy (non-hydrogen) atoms. The van der Waals surface area contributed by atoms with Crippen LogP contribution in [0.4, 0.5) is 0 Å². The molecule has 2 aliphatic rings. The van der Waals surface area contributed by atoms with Crippen LogP contribution in [0.2, 0.25) is 0 Å². The van der Waals surface area contributed by atoms with Gasteiger partial charge in [-0.3, -0.25) is 4.79 Å². The molecule has 1 fully saturated rings. The van der Waals surface area contributed by atoms with Gasteiger partial charge < -0.3 is 9.84 Å². The molecule has 0 amide bonds. The predicted octanol–water partition coefficient (Wildman–Crippen LogP) is 2.37. The lowest BCUT2D eigenvalue weighted by atomic mass is 9.78. The second-order valence-electron chi connectivity index (χ2n) is 5.09. The minimum atomic E-state index is -0.652. The molecule has 1 spiro atoms. The molecule has 2 unspecified atom stereocenters. The molecule has 90 valence electrons. The topological polar surface area (TPSA) is 46.5 Å². The van der Waals surface area contributed by atoms with Crippen molar-refractivity contribution < 1.29 is 14.6 Å². The van der Waals surface area contributed by atoms with Gasteiger partial charge in [-0.25, -0.2) is 0 Å². The van der Waals surface area contributed by atoms with Crippen LogP contribution in [0.3, 0.4) is 0 Å². The van der Waals surface area contributed by atoms with Gasteiger partial charge in [-0.1, -0.05) is 12.1 Å². The Balaban J connectivity index is 2.07. The maximum Gasteiger partial charge on any atom is 0.307 e. The smallest absolute Gasteiger partial charge is 0.307 e. The Morgan fingerprint density at radius 1 is 1.53 bits per heavy atom. The summed E-state index contributed by atoms with van der Waals surface area (Å²) >= 11 is 0. The van der Waals surface area contributed by atoms with Crippen LogP contribution in [0.1, 0.15) is 30.4 Å². The number of benzene rings is 1. The molecule has 0 bridgehead atoms. The Morgan fingerprint density at radius 2 is 2.35 bits per heavy atom. The van der Waals surface area contributed by atoms with Crippen LogP contribution in [0, 0.1) is 5.92 Å². The Kier molecular flexibility index (Phi) is 2.18. The molecule has 1 saturated carbocycles. The molecule has 0 aliphatic heterocycles. The maximum absolute atomic E-state index is 11.2. The SMILES string of the molecule is COc1cccc2c1CCCC21CC1C(=O)O. The van der Waals surface area contributed by atoms with Crippen LogP contribution in [0.15, 0.2) is 18.2 Å². The Labute approximate surface area is 100 Å². The molecule has 0 heterocycles. The first kappa shape index (κ1) is 10.6. The fourth-order valence-electron chi connectivity index (χ4n) is 3.40. The number of carboxylic acid groups (broad SMARTS) is 1. The first-order valence-electron chi connectivity index (χ1n) is 6.08. The van der Waals surface area contributed by atoms with Gasteiger partial charge in [-0.05, 0) is 42.9 Å². The molecule has 2 atom stereocenters. The molecular formula is C14H16O3. The highest BCUT2D eigenvalue weighted by Crippen LogP contribution is 2.61. The van der Waals surface area contributed by atoms with E-state index in [9.17, 15) is 9.90 Å². The summed E-state index contributed by atoms with van der Waals surface area (Å²) in [5.41, 5.74) is 2.36. The highest BCUT2D eigenvalue weighted by atomic mass is 16.5. The van der Waals surface area contributed by atoms with E-state index >= 15 is 0 Å². The lowest BCUT2D eigenvalue weighted by Crippen LogP contribution is -2.21. The maximum atomic E-state index is 11.2. The molecule has 3 nitrogen and oxygen atoms in total. The van der Waals surface area contributed by atoms with Crippen LogP contribution in [0.25, 0.3) is 0 Å². The monoisotopic (exact) mass is 232 g/mol. The molecule has 0 radical (unpaired) electrons. The van der Waals surface area contributed by atoms with Crippen molar-refractivity contribution in [2.24, 2.45) is 5.92 Å². The molecule has 3 rings (SSSR count). The van der Waals surface area contributed by atoms with Gasteiger partial charge in [0.25, 0.3) is 0 Å². The van der Waals surface area contributed by atoms with Gasteiger partial charge in [0.2, 0.25) is 0 Å². The largest absolute Gasteiger partial charge is 0.496 e. The average Bonchev–Trinajstić information content (AvgIpc) is 3.05. The summed E-state index contributed by atoms with van der Waals surface area (Å²) in [4.78, 5) is 11.2. The van der Waals surface area contributed by atoms with E-state index in [1.807, 2.05) is 12.1 Å². The molecule has 1 aromatic rings. The van der Waals surface area contributed by atoms with E-state index < -0.39 is 5.97 Å². The number of rotatable bonds is 2. The lowest BCUT2D eigenvalue weighted by molar-refractivity contribution is -0.139. The summed E-state index contributed by atoms with van der Waals surface area (Å²) in [6.07, 6.45) is 3.87. The minimum Gasteiger partial charge on any atom is -0.496 e. The van der Waals surface area contributed by atoms with E-state index in [2.05, 4.69) is 6.07 Å². The fourth-order valence-corrected chi connectivity index (χ4v) is 3.40. The summed E-state index contributed by atoms with van der Waals surface area (Å²) in [6, 6.07) is 6.03. The zero-order valence-corrected chi connectivity index (χ0v) is 9.90. The summed E-state index contributed by atoms with van der Waals surface area (Å²) in [6.45, 7) is 0. The van der Waals surface area contributed by atoms with Crippen molar-refractivity contribution in [1.29, 1.82) is 0 Å². The van der Waals surface area contributed by atoms with E-state index in [4.69, 9.17) is 4.74 Å². The van der Waals surface area contributed by atoms with Crippen molar-refractivity contribution in [2.75, 3.05) is 7.11 Å². The zero-order valence-electron chi connectivity index (χ0n) is 9.90. The van der Waals surface area contributed by atoms with Gasteiger partial charge in [0.05, 0.1) is 13.0 Å². The normalized spacial score (nSPS) is 29.8. The van der Waals surface area contributed by atoms with Crippen LogP contribution in [-0.2, 0) is 16.6 Å². The number of carboxylic acids is 1.